The Labute approximate surface area is 121 Å². The average molecular weight is 339 g/mol. The number of esters is 1. The van der Waals surface area contributed by atoms with Crippen LogP contribution in [0.3, 0.4) is 0 Å². The average Bonchev–Trinajstić information content (AvgIpc) is 2.44. The first-order valence-corrected chi connectivity index (χ1v) is 6.21. The van der Waals surface area contributed by atoms with Gasteiger partial charge in [-0.3, -0.25) is 4.98 Å². The molecule has 0 bridgehead atoms. The van der Waals surface area contributed by atoms with Crippen molar-refractivity contribution in [2.24, 2.45) is 5.11 Å². The SMILES string of the molecule is COC(=O)c1cnc2c(C)cc(F)c(Br)c2c1N=[N+]=[N-]. The lowest BCUT2D eigenvalue weighted by Gasteiger charge is -2.10. The van der Waals surface area contributed by atoms with E-state index in [0.717, 1.165) is 0 Å². The van der Waals surface area contributed by atoms with Crippen LogP contribution in [0.25, 0.3) is 21.3 Å². The summed E-state index contributed by atoms with van der Waals surface area (Å²) in [7, 11) is 1.19. The molecule has 0 aliphatic rings. The molecule has 0 radical (unpaired) electrons. The van der Waals surface area contributed by atoms with Gasteiger partial charge in [0.25, 0.3) is 0 Å². The van der Waals surface area contributed by atoms with Crippen LogP contribution in [-0.4, -0.2) is 18.1 Å². The monoisotopic (exact) mass is 338 g/mol. The minimum absolute atomic E-state index is 0.0150. The number of fused-ring (bicyclic) bond motifs is 1. The quantitative estimate of drug-likeness (QED) is 0.356. The highest BCUT2D eigenvalue weighted by atomic mass is 79.9. The highest BCUT2D eigenvalue weighted by Gasteiger charge is 2.19. The number of pyridine rings is 1. The highest BCUT2D eigenvalue weighted by Crippen LogP contribution is 2.37. The van der Waals surface area contributed by atoms with Crippen molar-refractivity contribution in [3.05, 3.63) is 44.1 Å². The molecule has 6 nitrogen and oxygen atoms in total. The molecule has 0 fully saturated rings. The van der Waals surface area contributed by atoms with Crippen molar-refractivity contribution in [3.8, 4) is 0 Å². The summed E-state index contributed by atoms with van der Waals surface area (Å²) in [5.74, 6) is -1.25. The van der Waals surface area contributed by atoms with Crippen LogP contribution in [0.2, 0.25) is 0 Å². The minimum Gasteiger partial charge on any atom is -0.465 e. The van der Waals surface area contributed by atoms with Crippen molar-refractivity contribution in [2.75, 3.05) is 7.11 Å². The minimum atomic E-state index is -0.712. The standard InChI is InChI=1S/C12H8BrFN4O2/c1-5-3-7(14)9(13)8-10(5)16-4-6(12(19)20-2)11(8)17-18-15/h3-4H,1-2H3. The van der Waals surface area contributed by atoms with Crippen molar-refractivity contribution in [1.82, 2.24) is 4.98 Å². The van der Waals surface area contributed by atoms with Crippen molar-refractivity contribution < 1.29 is 13.9 Å². The molecule has 2 rings (SSSR count). The number of rotatable bonds is 2. The number of aromatic nitrogens is 1. The summed E-state index contributed by atoms with van der Waals surface area (Å²) in [5.41, 5.74) is 9.62. The zero-order valence-corrected chi connectivity index (χ0v) is 12.1. The van der Waals surface area contributed by atoms with E-state index >= 15 is 0 Å². The molecule has 0 aliphatic heterocycles. The fraction of sp³-hybridized carbons (Fsp3) is 0.167. The summed E-state index contributed by atoms with van der Waals surface area (Å²) in [6.07, 6.45) is 1.25. The van der Waals surface area contributed by atoms with Crippen molar-refractivity contribution in [1.29, 1.82) is 0 Å². The Bertz CT molecular complexity index is 772. The predicted octanol–water partition coefficient (Wildman–Crippen LogP) is 4.17. The number of hydrogen-bond acceptors (Lipinski definition) is 4. The maximum absolute atomic E-state index is 13.8. The first kappa shape index (κ1) is 14.2. The predicted molar refractivity (Wildman–Crippen MR) is 74.3 cm³/mol. The largest absolute Gasteiger partial charge is 0.465 e. The fourth-order valence-corrected chi connectivity index (χ4v) is 2.35. The molecule has 1 heterocycles. The van der Waals surface area contributed by atoms with Crippen LogP contribution in [0.5, 0.6) is 0 Å². The van der Waals surface area contributed by atoms with E-state index in [2.05, 4.69) is 35.7 Å². The van der Waals surface area contributed by atoms with Crippen LogP contribution in [0.15, 0.2) is 21.9 Å². The Hall–Kier alpha value is -2.18. The number of halogens is 2. The van der Waals surface area contributed by atoms with Crippen molar-refractivity contribution >= 4 is 38.5 Å². The molecule has 0 atom stereocenters. The molecular weight excluding hydrogens is 331 g/mol. The second-order valence-corrected chi connectivity index (χ2v) is 4.71. The Morgan fingerprint density at radius 3 is 2.90 bits per heavy atom. The lowest BCUT2D eigenvalue weighted by atomic mass is 10.1. The Kier molecular flexibility index (Phi) is 3.87. The van der Waals surface area contributed by atoms with E-state index in [-0.39, 0.29) is 21.1 Å². The number of aryl methyl sites for hydroxylation is 1. The third-order valence-electron chi connectivity index (χ3n) is 2.75. The number of carbonyl (C=O) groups excluding carboxylic acids is 1. The molecule has 0 amide bonds. The van der Waals surface area contributed by atoms with Crippen LogP contribution >= 0.6 is 15.9 Å². The van der Waals surface area contributed by atoms with Crippen LogP contribution in [0.1, 0.15) is 15.9 Å². The van der Waals surface area contributed by atoms with Gasteiger partial charge in [-0.15, -0.1) is 0 Å². The maximum Gasteiger partial charge on any atom is 0.339 e. The van der Waals surface area contributed by atoms with Gasteiger partial charge in [0.15, 0.2) is 0 Å². The normalized spacial score (nSPS) is 10.2. The maximum atomic E-state index is 13.8. The molecule has 8 heteroatoms. The molecule has 20 heavy (non-hydrogen) atoms. The number of carbonyl (C=O) groups is 1. The summed E-state index contributed by atoms with van der Waals surface area (Å²) < 4.78 is 18.5. The van der Waals surface area contributed by atoms with E-state index in [1.165, 1.54) is 19.4 Å². The fourth-order valence-electron chi connectivity index (χ4n) is 1.86. The van der Waals surface area contributed by atoms with Gasteiger partial charge in [0.2, 0.25) is 0 Å². The Morgan fingerprint density at radius 1 is 1.60 bits per heavy atom. The van der Waals surface area contributed by atoms with E-state index in [1.807, 2.05) is 0 Å². The van der Waals surface area contributed by atoms with Crippen LogP contribution in [-0.2, 0) is 4.74 Å². The van der Waals surface area contributed by atoms with Gasteiger partial charge in [-0.05, 0) is 40.0 Å². The zero-order chi connectivity index (χ0) is 14.9. The summed E-state index contributed by atoms with van der Waals surface area (Å²) in [6.45, 7) is 1.67. The summed E-state index contributed by atoms with van der Waals surface area (Å²) in [4.78, 5) is 18.5. The van der Waals surface area contributed by atoms with Gasteiger partial charge in [-0.25, -0.2) is 9.18 Å². The number of nitrogens with zero attached hydrogens (tertiary/aromatic N) is 4. The molecular formula is C12H8BrFN4O2. The van der Waals surface area contributed by atoms with Gasteiger partial charge in [-0.1, -0.05) is 5.11 Å². The summed E-state index contributed by atoms with van der Waals surface area (Å²) >= 11 is 3.09. The molecule has 0 spiro atoms. The molecule has 102 valence electrons. The Morgan fingerprint density at radius 2 is 2.30 bits per heavy atom. The molecule has 1 aromatic carbocycles. The first-order valence-electron chi connectivity index (χ1n) is 5.42. The molecule has 0 aliphatic carbocycles. The van der Waals surface area contributed by atoms with E-state index < -0.39 is 11.8 Å². The van der Waals surface area contributed by atoms with E-state index in [4.69, 9.17) is 5.53 Å². The second kappa shape index (κ2) is 5.44. The molecule has 0 saturated heterocycles. The lowest BCUT2D eigenvalue weighted by Crippen LogP contribution is -2.03. The number of azide groups is 1. The second-order valence-electron chi connectivity index (χ2n) is 3.91. The summed E-state index contributed by atoms with van der Waals surface area (Å²) in [5, 5.41) is 3.73. The molecule has 2 aromatic rings. The van der Waals surface area contributed by atoms with Gasteiger partial charge in [-0.2, -0.15) is 0 Å². The number of benzene rings is 1. The van der Waals surface area contributed by atoms with Crippen LogP contribution in [0, 0.1) is 12.7 Å². The van der Waals surface area contributed by atoms with Crippen LogP contribution < -0.4 is 0 Å². The first-order chi connectivity index (χ1) is 9.51. The van der Waals surface area contributed by atoms with E-state index in [0.29, 0.717) is 11.1 Å². The molecule has 0 unspecified atom stereocenters. The topological polar surface area (TPSA) is 88.0 Å². The van der Waals surface area contributed by atoms with Gasteiger partial charge < -0.3 is 4.74 Å². The molecule has 1 aromatic heterocycles. The zero-order valence-electron chi connectivity index (χ0n) is 10.5. The lowest BCUT2D eigenvalue weighted by molar-refractivity contribution is 0.0601. The van der Waals surface area contributed by atoms with Crippen molar-refractivity contribution in [2.45, 2.75) is 6.92 Å². The number of methoxy groups -OCH3 is 1. The van der Waals surface area contributed by atoms with Crippen molar-refractivity contribution in [3.63, 3.8) is 0 Å². The van der Waals surface area contributed by atoms with Gasteiger partial charge in [0.05, 0.1) is 28.4 Å². The molecule has 0 N–H and O–H groups in total. The van der Waals surface area contributed by atoms with E-state index in [1.54, 1.807) is 6.92 Å². The van der Waals surface area contributed by atoms with Crippen LogP contribution in [0.4, 0.5) is 10.1 Å². The highest BCUT2D eigenvalue weighted by molar-refractivity contribution is 9.10. The smallest absolute Gasteiger partial charge is 0.339 e. The third kappa shape index (κ3) is 2.19. The Balaban J connectivity index is 3.01. The molecule has 0 saturated carbocycles. The van der Waals surface area contributed by atoms with E-state index in [9.17, 15) is 9.18 Å². The van der Waals surface area contributed by atoms with Gasteiger partial charge in [0.1, 0.15) is 5.82 Å². The number of ether oxygens (including phenoxy) is 1. The van der Waals surface area contributed by atoms with Gasteiger partial charge >= 0.3 is 5.97 Å². The van der Waals surface area contributed by atoms with Gasteiger partial charge in [0, 0.05) is 16.5 Å². The third-order valence-corrected chi connectivity index (χ3v) is 3.52. The summed E-state index contributed by atoms with van der Waals surface area (Å²) in [6, 6.07) is 1.30. The number of hydrogen-bond donors (Lipinski definition) is 0.